The summed E-state index contributed by atoms with van der Waals surface area (Å²) in [6.07, 6.45) is 5.98. The Bertz CT molecular complexity index is 1420. The maximum absolute atomic E-state index is 14.0. The molecule has 0 saturated heterocycles. The Balaban J connectivity index is 1.57. The standard InChI is InChI=1S/C33H40ClN3O4S/c1-25-14-20-30(21-15-25)37(42(2,40)41)22-8-13-32(38)36(24-27-16-18-28(34)19-17-27)31(23-26-9-4-3-5-10-26)33(39)35-29-11-6-7-12-29/h3-5,9-10,14-21,29,31H,6-8,11-13,22-24H2,1-2H3,(H,35,39)/t31-/m1/s1. The van der Waals surface area contributed by atoms with E-state index in [0.29, 0.717) is 23.6 Å². The van der Waals surface area contributed by atoms with Gasteiger partial charge in [0, 0.05) is 37.0 Å². The Hall–Kier alpha value is -3.36. The van der Waals surface area contributed by atoms with Crippen LogP contribution in [0.2, 0.25) is 5.02 Å². The zero-order chi connectivity index (χ0) is 30.1. The first-order chi connectivity index (χ1) is 20.1. The molecule has 224 valence electrons. The number of nitrogens with zero attached hydrogens (tertiary/aromatic N) is 2. The summed E-state index contributed by atoms with van der Waals surface area (Å²) < 4.78 is 26.6. The van der Waals surface area contributed by atoms with E-state index in [4.69, 9.17) is 11.6 Å². The minimum Gasteiger partial charge on any atom is -0.352 e. The number of carbonyl (C=O) groups excluding carboxylic acids is 2. The van der Waals surface area contributed by atoms with Crippen molar-refractivity contribution in [2.45, 2.75) is 70.5 Å². The molecule has 3 aromatic carbocycles. The normalized spacial score (nSPS) is 14.4. The lowest BCUT2D eigenvalue weighted by molar-refractivity contribution is -0.141. The summed E-state index contributed by atoms with van der Waals surface area (Å²) in [5.41, 5.74) is 3.41. The van der Waals surface area contributed by atoms with Crippen molar-refractivity contribution in [3.8, 4) is 0 Å². The Labute approximate surface area is 254 Å². The summed E-state index contributed by atoms with van der Waals surface area (Å²) in [5, 5.41) is 3.80. The van der Waals surface area contributed by atoms with Gasteiger partial charge in [0.25, 0.3) is 0 Å². The van der Waals surface area contributed by atoms with Crippen molar-refractivity contribution in [1.29, 1.82) is 0 Å². The number of aryl methyl sites for hydroxylation is 1. The van der Waals surface area contributed by atoms with Gasteiger partial charge in [-0.05, 0) is 61.6 Å². The topological polar surface area (TPSA) is 86.8 Å². The van der Waals surface area contributed by atoms with E-state index in [1.165, 1.54) is 10.6 Å². The van der Waals surface area contributed by atoms with E-state index in [-0.39, 0.29) is 37.4 Å². The van der Waals surface area contributed by atoms with Gasteiger partial charge in [-0.25, -0.2) is 8.42 Å². The molecule has 9 heteroatoms. The van der Waals surface area contributed by atoms with Crippen LogP contribution in [0.25, 0.3) is 0 Å². The van der Waals surface area contributed by atoms with E-state index in [0.717, 1.165) is 42.4 Å². The molecule has 42 heavy (non-hydrogen) atoms. The van der Waals surface area contributed by atoms with Crippen LogP contribution in [-0.4, -0.2) is 50.0 Å². The van der Waals surface area contributed by atoms with Gasteiger partial charge in [-0.15, -0.1) is 0 Å². The number of benzene rings is 3. The van der Waals surface area contributed by atoms with Crippen LogP contribution in [0.4, 0.5) is 5.69 Å². The number of halogens is 1. The quantitative estimate of drug-likeness (QED) is 0.262. The van der Waals surface area contributed by atoms with Gasteiger partial charge < -0.3 is 10.2 Å². The zero-order valence-corrected chi connectivity index (χ0v) is 25.9. The number of rotatable bonds is 13. The van der Waals surface area contributed by atoms with Gasteiger partial charge in [0.2, 0.25) is 21.8 Å². The number of sulfonamides is 1. The lowest BCUT2D eigenvalue weighted by Crippen LogP contribution is -2.52. The van der Waals surface area contributed by atoms with Gasteiger partial charge in [0.05, 0.1) is 11.9 Å². The monoisotopic (exact) mass is 609 g/mol. The fraction of sp³-hybridized carbons (Fsp3) is 0.394. The van der Waals surface area contributed by atoms with Crippen molar-refractivity contribution >= 4 is 39.1 Å². The van der Waals surface area contributed by atoms with Gasteiger partial charge in [0.15, 0.2) is 0 Å². The summed E-state index contributed by atoms with van der Waals surface area (Å²) in [6, 6.07) is 23.6. The maximum Gasteiger partial charge on any atom is 0.243 e. The third-order valence-corrected chi connectivity index (χ3v) is 9.16. The van der Waals surface area contributed by atoms with Crippen molar-refractivity contribution in [3.63, 3.8) is 0 Å². The van der Waals surface area contributed by atoms with Crippen molar-refractivity contribution < 1.29 is 18.0 Å². The van der Waals surface area contributed by atoms with Crippen molar-refractivity contribution in [2.75, 3.05) is 17.1 Å². The molecule has 0 radical (unpaired) electrons. The molecule has 7 nitrogen and oxygen atoms in total. The van der Waals surface area contributed by atoms with Crippen LogP contribution in [0.1, 0.15) is 55.2 Å². The zero-order valence-electron chi connectivity index (χ0n) is 24.3. The second kappa shape index (κ2) is 14.7. The molecular weight excluding hydrogens is 570 g/mol. The largest absolute Gasteiger partial charge is 0.352 e. The summed E-state index contributed by atoms with van der Waals surface area (Å²) in [7, 11) is -3.55. The van der Waals surface area contributed by atoms with Crippen LogP contribution in [0.15, 0.2) is 78.9 Å². The molecule has 0 heterocycles. The van der Waals surface area contributed by atoms with E-state index in [1.807, 2.05) is 61.5 Å². The summed E-state index contributed by atoms with van der Waals surface area (Å²) in [4.78, 5) is 29.4. The van der Waals surface area contributed by atoms with Gasteiger partial charge in [0.1, 0.15) is 6.04 Å². The smallest absolute Gasteiger partial charge is 0.243 e. The number of hydrogen-bond acceptors (Lipinski definition) is 4. The molecule has 1 aliphatic carbocycles. The Morgan fingerprint density at radius 3 is 2.19 bits per heavy atom. The highest BCUT2D eigenvalue weighted by atomic mass is 35.5. The molecule has 0 unspecified atom stereocenters. The minimum atomic E-state index is -3.55. The fourth-order valence-electron chi connectivity index (χ4n) is 5.42. The van der Waals surface area contributed by atoms with E-state index >= 15 is 0 Å². The van der Waals surface area contributed by atoms with Gasteiger partial charge in [-0.2, -0.15) is 0 Å². The number of carbonyl (C=O) groups is 2. The van der Waals surface area contributed by atoms with E-state index in [1.54, 1.807) is 29.2 Å². The highest BCUT2D eigenvalue weighted by Gasteiger charge is 2.32. The number of hydrogen-bond donors (Lipinski definition) is 1. The predicted octanol–water partition coefficient (Wildman–Crippen LogP) is 5.89. The maximum atomic E-state index is 14.0. The summed E-state index contributed by atoms with van der Waals surface area (Å²) in [5.74, 6) is -0.365. The number of anilines is 1. The average Bonchev–Trinajstić information content (AvgIpc) is 3.47. The molecule has 3 aromatic rings. The molecule has 2 amide bonds. The molecule has 1 N–H and O–H groups in total. The summed E-state index contributed by atoms with van der Waals surface area (Å²) >= 11 is 6.12. The molecular formula is C33H40ClN3O4S. The van der Waals surface area contributed by atoms with Crippen molar-refractivity contribution in [3.05, 3.63) is 101 Å². The number of amides is 2. The van der Waals surface area contributed by atoms with Crippen molar-refractivity contribution in [1.82, 2.24) is 10.2 Å². The molecule has 0 aliphatic heterocycles. The third-order valence-electron chi connectivity index (χ3n) is 7.71. The average molecular weight is 610 g/mol. The molecule has 0 aromatic heterocycles. The third kappa shape index (κ3) is 9.07. The Kier molecular flexibility index (Phi) is 11.0. The second-order valence-corrected chi connectivity index (χ2v) is 13.5. The van der Waals surface area contributed by atoms with Gasteiger partial charge in [-0.3, -0.25) is 13.9 Å². The van der Waals surface area contributed by atoms with Crippen LogP contribution in [0.3, 0.4) is 0 Å². The van der Waals surface area contributed by atoms with Crippen LogP contribution in [0, 0.1) is 6.92 Å². The summed E-state index contributed by atoms with van der Waals surface area (Å²) in [6.45, 7) is 2.33. The minimum absolute atomic E-state index is 0.0907. The van der Waals surface area contributed by atoms with E-state index in [2.05, 4.69) is 5.32 Å². The van der Waals surface area contributed by atoms with Crippen LogP contribution in [-0.2, 0) is 32.6 Å². The lowest BCUT2D eigenvalue weighted by atomic mass is 10.0. The fourth-order valence-corrected chi connectivity index (χ4v) is 6.51. The van der Waals surface area contributed by atoms with Crippen LogP contribution in [0.5, 0.6) is 0 Å². The van der Waals surface area contributed by atoms with Gasteiger partial charge in [-0.1, -0.05) is 84.6 Å². The Morgan fingerprint density at radius 2 is 1.57 bits per heavy atom. The van der Waals surface area contributed by atoms with Gasteiger partial charge >= 0.3 is 0 Å². The number of nitrogens with one attached hydrogen (secondary N) is 1. The van der Waals surface area contributed by atoms with Crippen molar-refractivity contribution in [2.24, 2.45) is 0 Å². The lowest BCUT2D eigenvalue weighted by Gasteiger charge is -2.33. The molecule has 0 spiro atoms. The Morgan fingerprint density at radius 1 is 0.929 bits per heavy atom. The molecule has 1 fully saturated rings. The van der Waals surface area contributed by atoms with E-state index < -0.39 is 16.1 Å². The molecule has 1 atom stereocenters. The highest BCUT2D eigenvalue weighted by Crippen LogP contribution is 2.23. The molecule has 1 saturated carbocycles. The van der Waals surface area contributed by atoms with E-state index in [9.17, 15) is 18.0 Å². The predicted molar refractivity (Wildman–Crippen MR) is 169 cm³/mol. The van der Waals surface area contributed by atoms with Crippen LogP contribution >= 0.6 is 11.6 Å². The SMILES string of the molecule is Cc1ccc(N(CCCC(=O)N(Cc2ccc(Cl)cc2)[C@H](Cc2ccccc2)C(=O)NC2CCCC2)S(C)(=O)=O)cc1. The molecule has 0 bridgehead atoms. The van der Waals surface area contributed by atoms with Crippen LogP contribution < -0.4 is 9.62 Å². The second-order valence-electron chi connectivity index (χ2n) is 11.1. The first kappa shape index (κ1) is 31.6. The molecule has 4 rings (SSSR count). The first-order valence-electron chi connectivity index (χ1n) is 14.5. The molecule has 1 aliphatic rings. The highest BCUT2D eigenvalue weighted by molar-refractivity contribution is 7.92. The first-order valence-corrected chi connectivity index (χ1v) is 16.8.